The van der Waals surface area contributed by atoms with E-state index in [0.29, 0.717) is 11.5 Å². The lowest BCUT2D eigenvalue weighted by molar-refractivity contribution is 0.154. The Morgan fingerprint density at radius 1 is 1.71 bits per heavy atom. The highest BCUT2D eigenvalue weighted by molar-refractivity contribution is 5.03. The summed E-state index contributed by atoms with van der Waals surface area (Å²) < 4.78 is 5.33. The summed E-state index contributed by atoms with van der Waals surface area (Å²) in [5.41, 5.74) is 0.639. The third-order valence-electron chi connectivity index (χ3n) is 2.26. The minimum atomic E-state index is 0.639. The molecule has 1 heterocycles. The Morgan fingerprint density at radius 3 is 2.71 bits per heavy atom. The van der Waals surface area contributed by atoms with Gasteiger partial charge in [-0.25, -0.2) is 0 Å². The van der Waals surface area contributed by atoms with Gasteiger partial charge < -0.3 is 4.74 Å². The number of rotatable bonds is 0. The first-order valence-electron chi connectivity index (χ1n) is 2.93. The van der Waals surface area contributed by atoms with Crippen molar-refractivity contribution in [3.8, 4) is 0 Å². The number of fused-ring (bicyclic) bond motifs is 1. The van der Waals surface area contributed by atoms with Crippen molar-refractivity contribution in [1.82, 2.24) is 0 Å². The molecular weight excluding hydrogens is 88.1 g/mol. The van der Waals surface area contributed by atoms with Crippen LogP contribution in [0.1, 0.15) is 19.8 Å². The molecule has 1 saturated heterocycles. The van der Waals surface area contributed by atoms with E-state index in [1.54, 1.807) is 0 Å². The predicted octanol–water partition coefficient (Wildman–Crippen LogP) is 1.19. The van der Waals surface area contributed by atoms with Crippen molar-refractivity contribution >= 4 is 0 Å². The van der Waals surface area contributed by atoms with Gasteiger partial charge in [-0.15, -0.1) is 0 Å². The molecule has 0 aromatic rings. The molecule has 7 heavy (non-hydrogen) atoms. The Labute approximate surface area is 43.7 Å². The Hall–Kier alpha value is -0.0400. The van der Waals surface area contributed by atoms with Gasteiger partial charge in [-0.1, -0.05) is 6.92 Å². The largest absolute Gasteiger partial charge is 0.378 e. The van der Waals surface area contributed by atoms with Crippen LogP contribution < -0.4 is 0 Å². The summed E-state index contributed by atoms with van der Waals surface area (Å²) in [6, 6.07) is 0. The molecule has 2 rings (SSSR count). The SMILES string of the molecule is CC12CCOC1C2. The monoisotopic (exact) mass is 98.1 g/mol. The van der Waals surface area contributed by atoms with Crippen LogP contribution in [0.3, 0.4) is 0 Å². The molecule has 1 aliphatic carbocycles. The predicted molar refractivity (Wildman–Crippen MR) is 27.1 cm³/mol. The summed E-state index contributed by atoms with van der Waals surface area (Å²) in [6.07, 6.45) is 3.29. The molecular formula is C6H10O. The van der Waals surface area contributed by atoms with Crippen molar-refractivity contribution in [2.24, 2.45) is 5.41 Å². The second-order valence-corrected chi connectivity index (χ2v) is 2.97. The summed E-state index contributed by atoms with van der Waals surface area (Å²) >= 11 is 0. The topological polar surface area (TPSA) is 9.23 Å². The molecule has 1 saturated carbocycles. The van der Waals surface area contributed by atoms with Gasteiger partial charge in [0.25, 0.3) is 0 Å². The highest BCUT2D eigenvalue weighted by Gasteiger charge is 2.54. The zero-order chi connectivity index (χ0) is 4.91. The number of ether oxygens (including phenoxy) is 1. The molecule has 2 unspecified atom stereocenters. The number of hydrogen-bond acceptors (Lipinski definition) is 1. The molecule has 2 aliphatic rings. The standard InChI is InChI=1S/C6H10O/c1-6-2-3-7-5(6)4-6/h5H,2-4H2,1H3. The molecule has 2 atom stereocenters. The van der Waals surface area contributed by atoms with Crippen LogP contribution >= 0.6 is 0 Å². The van der Waals surface area contributed by atoms with Gasteiger partial charge in [0.1, 0.15) is 0 Å². The van der Waals surface area contributed by atoms with Crippen molar-refractivity contribution < 1.29 is 4.74 Å². The number of hydrogen-bond donors (Lipinski definition) is 0. The fraction of sp³-hybridized carbons (Fsp3) is 1.00. The Bertz CT molecular complexity index is 98.4. The highest BCUT2D eigenvalue weighted by atomic mass is 16.5. The van der Waals surface area contributed by atoms with Crippen LogP contribution in [0, 0.1) is 5.41 Å². The Balaban J connectivity index is 2.17. The zero-order valence-electron chi connectivity index (χ0n) is 4.61. The van der Waals surface area contributed by atoms with Crippen LogP contribution in [-0.4, -0.2) is 12.7 Å². The van der Waals surface area contributed by atoms with E-state index in [1.165, 1.54) is 12.8 Å². The third kappa shape index (κ3) is 0.367. The summed E-state index contributed by atoms with van der Waals surface area (Å²) in [6.45, 7) is 3.33. The van der Waals surface area contributed by atoms with Crippen LogP contribution in [0.4, 0.5) is 0 Å². The van der Waals surface area contributed by atoms with Gasteiger partial charge in [0.15, 0.2) is 0 Å². The van der Waals surface area contributed by atoms with Gasteiger partial charge in [-0.2, -0.15) is 0 Å². The lowest BCUT2D eigenvalue weighted by atomic mass is 10.1. The molecule has 0 radical (unpaired) electrons. The molecule has 0 amide bonds. The average Bonchev–Trinajstić information content (AvgIpc) is 2.09. The molecule has 2 fully saturated rings. The van der Waals surface area contributed by atoms with E-state index in [0.717, 1.165) is 6.61 Å². The molecule has 1 heteroatoms. The molecule has 0 bridgehead atoms. The lowest BCUT2D eigenvalue weighted by Crippen LogP contribution is -1.89. The van der Waals surface area contributed by atoms with Crippen LogP contribution in [-0.2, 0) is 4.74 Å². The Kier molecular flexibility index (Phi) is 0.487. The maximum Gasteiger partial charge on any atom is 0.0636 e. The van der Waals surface area contributed by atoms with E-state index in [1.807, 2.05) is 0 Å². The molecule has 0 N–H and O–H groups in total. The molecule has 0 aromatic heterocycles. The minimum Gasteiger partial charge on any atom is -0.378 e. The first-order chi connectivity index (χ1) is 3.31. The van der Waals surface area contributed by atoms with E-state index >= 15 is 0 Å². The first kappa shape index (κ1) is 3.90. The fourth-order valence-electron chi connectivity index (χ4n) is 1.32. The van der Waals surface area contributed by atoms with Crippen LogP contribution in [0.5, 0.6) is 0 Å². The molecule has 0 spiro atoms. The second-order valence-electron chi connectivity index (χ2n) is 2.97. The summed E-state index contributed by atoms with van der Waals surface area (Å²) in [5.74, 6) is 0. The van der Waals surface area contributed by atoms with Crippen LogP contribution in [0.15, 0.2) is 0 Å². The quantitative estimate of drug-likeness (QED) is 0.442. The van der Waals surface area contributed by atoms with Crippen molar-refractivity contribution in [3.05, 3.63) is 0 Å². The Morgan fingerprint density at radius 2 is 2.57 bits per heavy atom. The maximum atomic E-state index is 5.33. The lowest BCUT2D eigenvalue weighted by Gasteiger charge is -1.93. The molecule has 1 nitrogen and oxygen atoms in total. The minimum absolute atomic E-state index is 0.639. The second kappa shape index (κ2) is 0.873. The summed E-state index contributed by atoms with van der Waals surface area (Å²) in [4.78, 5) is 0. The van der Waals surface area contributed by atoms with Crippen molar-refractivity contribution in [1.29, 1.82) is 0 Å². The normalized spacial score (nSPS) is 57.0. The van der Waals surface area contributed by atoms with Gasteiger partial charge in [-0.3, -0.25) is 0 Å². The highest BCUT2D eigenvalue weighted by Crippen LogP contribution is 2.54. The van der Waals surface area contributed by atoms with Gasteiger partial charge in [0.2, 0.25) is 0 Å². The molecule has 1 aliphatic heterocycles. The van der Waals surface area contributed by atoms with Gasteiger partial charge >= 0.3 is 0 Å². The molecule has 0 aromatic carbocycles. The van der Waals surface area contributed by atoms with E-state index < -0.39 is 0 Å². The van der Waals surface area contributed by atoms with Gasteiger partial charge in [-0.05, 0) is 18.3 Å². The summed E-state index contributed by atoms with van der Waals surface area (Å²) in [5, 5.41) is 0. The van der Waals surface area contributed by atoms with Crippen molar-refractivity contribution in [2.45, 2.75) is 25.9 Å². The van der Waals surface area contributed by atoms with Crippen molar-refractivity contribution in [3.63, 3.8) is 0 Å². The maximum absolute atomic E-state index is 5.33. The van der Waals surface area contributed by atoms with E-state index in [2.05, 4.69) is 6.92 Å². The van der Waals surface area contributed by atoms with E-state index in [9.17, 15) is 0 Å². The van der Waals surface area contributed by atoms with E-state index in [-0.39, 0.29) is 0 Å². The van der Waals surface area contributed by atoms with Crippen LogP contribution in [0.25, 0.3) is 0 Å². The fourth-order valence-corrected chi connectivity index (χ4v) is 1.32. The smallest absolute Gasteiger partial charge is 0.0636 e. The van der Waals surface area contributed by atoms with Gasteiger partial charge in [0.05, 0.1) is 6.10 Å². The van der Waals surface area contributed by atoms with Crippen molar-refractivity contribution in [2.75, 3.05) is 6.61 Å². The van der Waals surface area contributed by atoms with Gasteiger partial charge in [0, 0.05) is 6.61 Å². The zero-order valence-corrected chi connectivity index (χ0v) is 4.61. The summed E-state index contributed by atoms with van der Waals surface area (Å²) in [7, 11) is 0. The van der Waals surface area contributed by atoms with E-state index in [4.69, 9.17) is 4.74 Å². The molecule has 40 valence electrons. The van der Waals surface area contributed by atoms with Crippen LogP contribution in [0.2, 0.25) is 0 Å². The first-order valence-corrected chi connectivity index (χ1v) is 2.93. The average molecular weight is 98.1 g/mol. The third-order valence-corrected chi connectivity index (χ3v) is 2.26.